The third kappa shape index (κ3) is 5.00. The third-order valence-corrected chi connectivity index (χ3v) is 5.37. The Bertz CT molecular complexity index is 623. The molecule has 9 heteroatoms. The molecule has 0 amide bonds. The minimum atomic E-state index is -4.06. The lowest BCUT2D eigenvalue weighted by molar-refractivity contribution is -0.137. The summed E-state index contributed by atoms with van der Waals surface area (Å²) < 4.78 is 27.1. The zero-order valence-corrected chi connectivity index (χ0v) is 14.3. The Morgan fingerprint density at radius 2 is 1.71 bits per heavy atom. The maximum atomic E-state index is 12.4. The number of sulfonamides is 1. The van der Waals surface area contributed by atoms with Gasteiger partial charge >= 0.3 is 5.97 Å². The predicted octanol–water partition coefficient (Wildman–Crippen LogP) is 3.42. The summed E-state index contributed by atoms with van der Waals surface area (Å²) in [5.41, 5.74) is 0. The Labute approximate surface area is 138 Å². The minimum absolute atomic E-state index is 0.127. The first-order valence-corrected chi connectivity index (χ1v) is 8.55. The fraction of sp³-hybridized carbons (Fsp3) is 0.417. The smallest absolute Gasteiger partial charge is 0.304 e. The van der Waals surface area contributed by atoms with Crippen LogP contribution in [0, 0.1) is 5.92 Å². The molecule has 5 nitrogen and oxygen atoms in total. The number of benzene rings is 1. The Kier molecular flexibility index (Phi) is 6.31. The second kappa shape index (κ2) is 7.15. The fourth-order valence-corrected chi connectivity index (χ4v) is 4.58. The van der Waals surface area contributed by atoms with E-state index in [4.69, 9.17) is 39.9 Å². The normalized spacial score (nSPS) is 13.4. The largest absolute Gasteiger partial charge is 0.481 e. The molecule has 1 rings (SSSR count). The molecule has 1 aromatic carbocycles. The summed E-state index contributed by atoms with van der Waals surface area (Å²) in [4.78, 5) is 10.5. The van der Waals surface area contributed by atoms with E-state index in [-0.39, 0.29) is 32.3 Å². The molecular weight excluding hydrogens is 361 g/mol. The molecule has 21 heavy (non-hydrogen) atoms. The van der Waals surface area contributed by atoms with Crippen LogP contribution < -0.4 is 4.72 Å². The van der Waals surface area contributed by atoms with Gasteiger partial charge in [0.15, 0.2) is 0 Å². The summed E-state index contributed by atoms with van der Waals surface area (Å²) in [6.07, 6.45) is -0.347. The number of rotatable bonds is 6. The van der Waals surface area contributed by atoms with Gasteiger partial charge in [0.25, 0.3) is 0 Å². The highest BCUT2D eigenvalue weighted by molar-refractivity contribution is 7.89. The van der Waals surface area contributed by atoms with Crippen LogP contribution in [0.3, 0.4) is 0 Å². The van der Waals surface area contributed by atoms with Crippen molar-refractivity contribution in [2.24, 2.45) is 5.92 Å². The number of halogens is 3. The molecule has 0 heterocycles. The van der Waals surface area contributed by atoms with Crippen LogP contribution in [0.1, 0.15) is 20.3 Å². The van der Waals surface area contributed by atoms with E-state index in [0.717, 1.165) is 0 Å². The van der Waals surface area contributed by atoms with E-state index >= 15 is 0 Å². The van der Waals surface area contributed by atoms with Gasteiger partial charge in [-0.05, 0) is 18.1 Å². The van der Waals surface area contributed by atoms with Gasteiger partial charge < -0.3 is 5.11 Å². The molecule has 0 bridgehead atoms. The summed E-state index contributed by atoms with van der Waals surface area (Å²) in [5.74, 6) is -1.33. The maximum Gasteiger partial charge on any atom is 0.304 e. The Balaban J connectivity index is 3.20. The topological polar surface area (TPSA) is 83.5 Å². The zero-order chi connectivity index (χ0) is 16.4. The lowest BCUT2D eigenvalue weighted by Gasteiger charge is -2.21. The van der Waals surface area contributed by atoms with Crippen LogP contribution >= 0.6 is 34.8 Å². The number of carboxylic acids is 1. The highest BCUT2D eigenvalue weighted by Crippen LogP contribution is 2.33. The summed E-state index contributed by atoms with van der Waals surface area (Å²) in [6.45, 7) is 3.42. The number of aliphatic carboxylic acids is 1. The Morgan fingerprint density at radius 3 is 2.10 bits per heavy atom. The van der Waals surface area contributed by atoms with Crippen molar-refractivity contribution in [1.82, 2.24) is 4.72 Å². The molecule has 0 aromatic heterocycles. The second-order valence-corrected chi connectivity index (χ2v) is 7.67. The first-order chi connectivity index (χ1) is 9.54. The van der Waals surface area contributed by atoms with Gasteiger partial charge in [-0.15, -0.1) is 0 Å². The van der Waals surface area contributed by atoms with Crippen LogP contribution in [0.15, 0.2) is 17.0 Å². The van der Waals surface area contributed by atoms with Gasteiger partial charge in [-0.1, -0.05) is 48.7 Å². The van der Waals surface area contributed by atoms with Crippen LogP contribution in [0.2, 0.25) is 15.1 Å². The standard InChI is InChI=1S/C12H14Cl3NO4S/c1-6(2)10(5-11(17)18)16-21(19,20)12-8(14)3-7(13)4-9(12)15/h3-4,6,10,16H,5H2,1-2H3,(H,17,18). The summed E-state index contributed by atoms with van der Waals surface area (Å²) in [6, 6.07) is 1.73. The van der Waals surface area contributed by atoms with E-state index in [9.17, 15) is 13.2 Å². The molecule has 0 fully saturated rings. The molecular formula is C12H14Cl3NO4S. The van der Waals surface area contributed by atoms with Crippen LogP contribution in [-0.2, 0) is 14.8 Å². The van der Waals surface area contributed by atoms with Crippen LogP contribution in [0.4, 0.5) is 0 Å². The number of hydrogen-bond donors (Lipinski definition) is 2. The fourth-order valence-electron chi connectivity index (χ4n) is 1.65. The SMILES string of the molecule is CC(C)C(CC(=O)O)NS(=O)(=O)c1c(Cl)cc(Cl)cc1Cl. The first kappa shape index (κ1) is 18.5. The van der Waals surface area contributed by atoms with E-state index in [1.807, 2.05) is 0 Å². The van der Waals surface area contributed by atoms with Crippen molar-refractivity contribution in [2.45, 2.75) is 31.2 Å². The lowest BCUT2D eigenvalue weighted by Crippen LogP contribution is -2.40. The summed E-state index contributed by atoms with van der Waals surface area (Å²) in [7, 11) is -4.06. The van der Waals surface area contributed by atoms with Crippen molar-refractivity contribution in [2.75, 3.05) is 0 Å². The number of hydrogen-bond acceptors (Lipinski definition) is 3. The molecule has 0 spiro atoms. The van der Waals surface area contributed by atoms with Crippen molar-refractivity contribution in [3.63, 3.8) is 0 Å². The molecule has 1 atom stereocenters. The van der Waals surface area contributed by atoms with Crippen LogP contribution in [0.5, 0.6) is 0 Å². The highest BCUT2D eigenvalue weighted by Gasteiger charge is 2.28. The van der Waals surface area contributed by atoms with Crippen LogP contribution in [-0.4, -0.2) is 25.5 Å². The van der Waals surface area contributed by atoms with E-state index in [2.05, 4.69) is 4.72 Å². The Morgan fingerprint density at radius 1 is 1.24 bits per heavy atom. The quantitative estimate of drug-likeness (QED) is 0.799. The molecule has 1 aromatic rings. The molecule has 0 radical (unpaired) electrons. The van der Waals surface area contributed by atoms with E-state index < -0.39 is 22.0 Å². The molecule has 0 aliphatic carbocycles. The molecule has 0 saturated carbocycles. The van der Waals surface area contributed by atoms with Crippen molar-refractivity contribution in [1.29, 1.82) is 0 Å². The van der Waals surface area contributed by atoms with E-state index in [1.165, 1.54) is 12.1 Å². The van der Waals surface area contributed by atoms with Gasteiger partial charge in [0.1, 0.15) is 4.90 Å². The van der Waals surface area contributed by atoms with Gasteiger partial charge in [0.2, 0.25) is 10.0 Å². The number of carboxylic acid groups (broad SMARTS) is 1. The van der Waals surface area contributed by atoms with Gasteiger partial charge in [0, 0.05) is 11.1 Å². The van der Waals surface area contributed by atoms with E-state index in [1.54, 1.807) is 13.8 Å². The van der Waals surface area contributed by atoms with Crippen molar-refractivity contribution in [3.8, 4) is 0 Å². The highest BCUT2D eigenvalue weighted by atomic mass is 35.5. The number of carbonyl (C=O) groups is 1. The van der Waals surface area contributed by atoms with Gasteiger partial charge in [-0.3, -0.25) is 4.79 Å². The monoisotopic (exact) mass is 373 g/mol. The molecule has 118 valence electrons. The molecule has 1 unspecified atom stereocenters. The minimum Gasteiger partial charge on any atom is -0.481 e. The van der Waals surface area contributed by atoms with Crippen molar-refractivity contribution < 1.29 is 18.3 Å². The lowest BCUT2D eigenvalue weighted by atomic mass is 10.0. The van der Waals surface area contributed by atoms with Crippen molar-refractivity contribution in [3.05, 3.63) is 27.2 Å². The third-order valence-electron chi connectivity index (χ3n) is 2.74. The zero-order valence-electron chi connectivity index (χ0n) is 11.2. The van der Waals surface area contributed by atoms with E-state index in [0.29, 0.717) is 0 Å². The molecule has 0 aliphatic heterocycles. The Hall–Kier alpha value is -0.530. The van der Waals surface area contributed by atoms with Crippen LogP contribution in [0.25, 0.3) is 0 Å². The summed E-state index contributed by atoms with van der Waals surface area (Å²) >= 11 is 17.5. The summed E-state index contributed by atoms with van der Waals surface area (Å²) in [5, 5.41) is 8.79. The number of nitrogens with one attached hydrogen (secondary N) is 1. The maximum absolute atomic E-state index is 12.4. The molecule has 0 saturated heterocycles. The first-order valence-electron chi connectivity index (χ1n) is 5.93. The van der Waals surface area contributed by atoms with Gasteiger partial charge in [-0.25, -0.2) is 13.1 Å². The van der Waals surface area contributed by atoms with Gasteiger partial charge in [-0.2, -0.15) is 0 Å². The second-order valence-electron chi connectivity index (χ2n) is 4.77. The average molecular weight is 375 g/mol. The van der Waals surface area contributed by atoms with Crippen molar-refractivity contribution >= 4 is 50.8 Å². The molecule has 2 N–H and O–H groups in total. The molecule has 0 aliphatic rings. The predicted molar refractivity (Wildman–Crippen MR) is 82.7 cm³/mol. The average Bonchev–Trinajstić information content (AvgIpc) is 2.24. The van der Waals surface area contributed by atoms with Gasteiger partial charge in [0.05, 0.1) is 16.5 Å².